The van der Waals surface area contributed by atoms with Crippen molar-refractivity contribution in [1.29, 1.82) is 0 Å². The third kappa shape index (κ3) is 4.94. The van der Waals surface area contributed by atoms with Crippen LogP contribution in [0.15, 0.2) is 23.1 Å². The number of hydrogen-bond acceptors (Lipinski definition) is 5. The zero-order valence-electron chi connectivity index (χ0n) is 14.5. The van der Waals surface area contributed by atoms with E-state index in [0.29, 0.717) is 18.7 Å². The van der Waals surface area contributed by atoms with Gasteiger partial charge >= 0.3 is 5.97 Å². The Labute approximate surface area is 154 Å². The van der Waals surface area contributed by atoms with Gasteiger partial charge in [-0.25, -0.2) is 8.42 Å². The molecule has 1 fully saturated rings. The Bertz CT molecular complexity index is 717. The SMILES string of the molecule is CCN(CC(=O)O)C1CC(NCc2cccc(Cl)c2S(=O)(=O)CC)C1. The largest absolute Gasteiger partial charge is 0.480 e. The van der Waals surface area contributed by atoms with Gasteiger partial charge in [0, 0.05) is 18.6 Å². The molecule has 1 aliphatic rings. The van der Waals surface area contributed by atoms with Crippen molar-refractivity contribution >= 4 is 27.4 Å². The molecule has 0 aliphatic heterocycles. The Morgan fingerprint density at radius 3 is 2.60 bits per heavy atom. The van der Waals surface area contributed by atoms with Gasteiger partial charge in [0.15, 0.2) is 9.84 Å². The van der Waals surface area contributed by atoms with Crippen LogP contribution in [0.1, 0.15) is 32.3 Å². The van der Waals surface area contributed by atoms with Crippen molar-refractivity contribution in [3.63, 3.8) is 0 Å². The number of benzene rings is 1. The molecule has 0 spiro atoms. The molecule has 1 aromatic carbocycles. The minimum Gasteiger partial charge on any atom is -0.480 e. The summed E-state index contributed by atoms with van der Waals surface area (Å²) in [6, 6.07) is 5.64. The van der Waals surface area contributed by atoms with Crippen molar-refractivity contribution in [2.24, 2.45) is 0 Å². The minimum atomic E-state index is -3.38. The van der Waals surface area contributed by atoms with Gasteiger partial charge in [-0.1, -0.05) is 37.6 Å². The second kappa shape index (κ2) is 8.49. The second-order valence-electron chi connectivity index (χ2n) is 6.29. The number of likely N-dealkylation sites (N-methyl/N-ethyl adjacent to an activating group) is 1. The molecule has 0 heterocycles. The summed E-state index contributed by atoms with van der Waals surface area (Å²) in [5.41, 5.74) is 0.677. The molecule has 1 aliphatic carbocycles. The van der Waals surface area contributed by atoms with Crippen LogP contribution in [-0.2, 0) is 21.2 Å². The standard InChI is InChI=1S/C17H25ClN2O4S/c1-3-20(11-16(21)22)14-8-13(9-14)19-10-12-6-5-7-15(18)17(12)25(23,24)4-2/h5-7,13-14,19H,3-4,8-11H2,1-2H3,(H,21,22). The van der Waals surface area contributed by atoms with Gasteiger partial charge in [0.2, 0.25) is 0 Å². The maximum absolute atomic E-state index is 12.3. The van der Waals surface area contributed by atoms with E-state index < -0.39 is 15.8 Å². The molecule has 1 aromatic rings. The lowest BCUT2D eigenvalue weighted by atomic mass is 9.85. The number of halogens is 1. The summed E-state index contributed by atoms with van der Waals surface area (Å²) in [4.78, 5) is 13.0. The van der Waals surface area contributed by atoms with E-state index in [1.165, 1.54) is 0 Å². The highest BCUT2D eigenvalue weighted by molar-refractivity contribution is 7.91. The average Bonchev–Trinajstić information content (AvgIpc) is 2.51. The Morgan fingerprint density at radius 2 is 2.04 bits per heavy atom. The van der Waals surface area contributed by atoms with Crippen LogP contribution in [0, 0.1) is 0 Å². The number of rotatable bonds is 9. The number of carbonyl (C=O) groups is 1. The highest BCUT2D eigenvalue weighted by atomic mass is 35.5. The van der Waals surface area contributed by atoms with Gasteiger partial charge < -0.3 is 10.4 Å². The molecule has 0 aromatic heterocycles. The van der Waals surface area contributed by atoms with Gasteiger partial charge in [0.1, 0.15) is 0 Å². The Hall–Kier alpha value is -1.15. The van der Waals surface area contributed by atoms with E-state index in [2.05, 4.69) is 5.32 Å². The smallest absolute Gasteiger partial charge is 0.317 e. The van der Waals surface area contributed by atoms with Gasteiger partial charge in [-0.3, -0.25) is 9.69 Å². The lowest BCUT2D eigenvalue weighted by molar-refractivity contribution is -0.139. The minimum absolute atomic E-state index is 0.00981. The van der Waals surface area contributed by atoms with Crippen LogP contribution in [0.25, 0.3) is 0 Å². The van der Waals surface area contributed by atoms with Crippen LogP contribution in [0.5, 0.6) is 0 Å². The number of carboxylic acid groups (broad SMARTS) is 1. The number of nitrogens with zero attached hydrogens (tertiary/aromatic N) is 1. The van der Waals surface area contributed by atoms with Crippen LogP contribution < -0.4 is 5.32 Å². The lowest BCUT2D eigenvalue weighted by Gasteiger charge is -2.42. The molecule has 1 saturated carbocycles. The van der Waals surface area contributed by atoms with Crippen molar-refractivity contribution in [3.8, 4) is 0 Å². The van der Waals surface area contributed by atoms with Gasteiger partial charge in [-0.05, 0) is 31.0 Å². The van der Waals surface area contributed by atoms with Gasteiger partial charge in [0.05, 0.1) is 22.2 Å². The first-order valence-corrected chi connectivity index (χ1v) is 10.5. The van der Waals surface area contributed by atoms with Crippen molar-refractivity contribution in [1.82, 2.24) is 10.2 Å². The molecule has 8 heteroatoms. The molecule has 0 radical (unpaired) electrons. The highest BCUT2D eigenvalue weighted by Crippen LogP contribution is 2.29. The Kier molecular flexibility index (Phi) is 6.85. The van der Waals surface area contributed by atoms with E-state index in [1.54, 1.807) is 25.1 Å². The van der Waals surface area contributed by atoms with Crippen LogP contribution in [0.3, 0.4) is 0 Å². The van der Waals surface area contributed by atoms with E-state index in [9.17, 15) is 13.2 Å². The molecule has 2 rings (SSSR count). The third-order valence-electron chi connectivity index (χ3n) is 4.69. The molecule has 2 N–H and O–H groups in total. The van der Waals surface area contributed by atoms with Crippen molar-refractivity contribution in [3.05, 3.63) is 28.8 Å². The predicted octanol–water partition coefficient (Wildman–Crippen LogP) is 2.16. The zero-order chi connectivity index (χ0) is 18.6. The van der Waals surface area contributed by atoms with Crippen LogP contribution in [0.4, 0.5) is 0 Å². The molecule has 25 heavy (non-hydrogen) atoms. The van der Waals surface area contributed by atoms with E-state index >= 15 is 0 Å². The lowest BCUT2D eigenvalue weighted by Crippen LogP contribution is -2.53. The van der Waals surface area contributed by atoms with Crippen LogP contribution in [-0.4, -0.2) is 55.3 Å². The summed E-state index contributed by atoms with van der Waals surface area (Å²) in [6.45, 7) is 4.75. The highest BCUT2D eigenvalue weighted by Gasteiger charge is 2.33. The van der Waals surface area contributed by atoms with Crippen LogP contribution in [0.2, 0.25) is 5.02 Å². The first-order chi connectivity index (χ1) is 11.8. The fourth-order valence-corrected chi connectivity index (χ4v) is 4.91. The quantitative estimate of drug-likeness (QED) is 0.674. The number of sulfone groups is 1. The van der Waals surface area contributed by atoms with Crippen molar-refractivity contribution in [2.75, 3.05) is 18.8 Å². The number of hydrogen-bond donors (Lipinski definition) is 2. The van der Waals surface area contributed by atoms with E-state index in [1.807, 2.05) is 11.8 Å². The molecule has 140 valence electrons. The number of nitrogens with one attached hydrogen (secondary N) is 1. The Balaban J connectivity index is 1.96. The van der Waals surface area contributed by atoms with E-state index in [-0.39, 0.29) is 34.3 Å². The third-order valence-corrected chi connectivity index (χ3v) is 6.99. The fourth-order valence-electron chi connectivity index (χ4n) is 3.17. The number of carboxylic acids is 1. The topological polar surface area (TPSA) is 86.7 Å². The molecule has 6 nitrogen and oxygen atoms in total. The molecule has 0 saturated heterocycles. The maximum Gasteiger partial charge on any atom is 0.317 e. The zero-order valence-corrected chi connectivity index (χ0v) is 16.1. The molecular weight excluding hydrogens is 364 g/mol. The molecule has 0 atom stereocenters. The predicted molar refractivity (Wildman–Crippen MR) is 97.7 cm³/mol. The summed E-state index contributed by atoms with van der Waals surface area (Å²) in [5.74, 6) is -0.804. The molecule has 0 unspecified atom stereocenters. The van der Waals surface area contributed by atoms with Crippen molar-refractivity contribution in [2.45, 2.75) is 50.2 Å². The van der Waals surface area contributed by atoms with Gasteiger partial charge in [-0.2, -0.15) is 0 Å². The Morgan fingerprint density at radius 1 is 1.36 bits per heavy atom. The molecule has 0 bridgehead atoms. The molecule has 0 amide bonds. The van der Waals surface area contributed by atoms with Crippen molar-refractivity contribution < 1.29 is 18.3 Å². The van der Waals surface area contributed by atoms with E-state index in [0.717, 1.165) is 12.8 Å². The van der Waals surface area contributed by atoms with Crippen LogP contribution >= 0.6 is 11.6 Å². The number of aliphatic carboxylic acids is 1. The summed E-state index contributed by atoms with van der Waals surface area (Å²) in [7, 11) is -3.38. The summed E-state index contributed by atoms with van der Waals surface area (Å²) in [5, 5.41) is 12.6. The summed E-state index contributed by atoms with van der Waals surface area (Å²) >= 11 is 6.12. The van der Waals surface area contributed by atoms with Gasteiger partial charge in [-0.15, -0.1) is 0 Å². The summed E-state index contributed by atoms with van der Waals surface area (Å²) in [6.07, 6.45) is 1.72. The average molecular weight is 389 g/mol. The first-order valence-electron chi connectivity index (χ1n) is 8.47. The fraction of sp³-hybridized carbons (Fsp3) is 0.588. The van der Waals surface area contributed by atoms with Gasteiger partial charge in [0.25, 0.3) is 0 Å². The van der Waals surface area contributed by atoms with E-state index in [4.69, 9.17) is 16.7 Å². The normalized spacial score (nSPS) is 20.5. The second-order valence-corrected chi connectivity index (χ2v) is 8.91. The first kappa shape index (κ1) is 20.2. The monoisotopic (exact) mass is 388 g/mol. The summed E-state index contributed by atoms with van der Waals surface area (Å²) < 4.78 is 24.6. The maximum atomic E-state index is 12.3. The molecular formula is C17H25ClN2O4S.